The molecule has 1 aromatic carbocycles. The zero-order valence-electron chi connectivity index (χ0n) is 15.8. The summed E-state index contributed by atoms with van der Waals surface area (Å²) >= 11 is 0. The topological polar surface area (TPSA) is 66.6 Å². The fraction of sp³-hybridized carbons (Fsp3) is 0.600. The Morgan fingerprint density at radius 1 is 1.04 bits per heavy atom. The maximum absolute atomic E-state index is 12.6. The Balaban J connectivity index is 1.46. The summed E-state index contributed by atoms with van der Waals surface area (Å²) in [6.45, 7) is 2.15. The quantitative estimate of drug-likeness (QED) is 0.831. The third kappa shape index (κ3) is 4.84. The minimum atomic E-state index is -4.35. The molecule has 2 aliphatic heterocycles. The summed E-state index contributed by atoms with van der Waals surface area (Å²) in [7, 11) is 0. The minimum absolute atomic E-state index is 0.0196. The van der Waals surface area contributed by atoms with E-state index in [1.165, 1.54) is 12.1 Å². The number of halogens is 3. The van der Waals surface area contributed by atoms with Crippen LogP contribution in [-0.4, -0.2) is 53.3 Å². The molecule has 0 aliphatic carbocycles. The van der Waals surface area contributed by atoms with E-state index >= 15 is 0 Å². The van der Waals surface area contributed by atoms with E-state index in [1.807, 2.05) is 4.90 Å². The van der Waals surface area contributed by atoms with Gasteiger partial charge in [0, 0.05) is 25.6 Å². The van der Waals surface area contributed by atoms with E-state index in [9.17, 15) is 22.8 Å². The lowest BCUT2D eigenvalue weighted by atomic mass is 10.0. The molecule has 2 fully saturated rings. The molecular formula is C20H26F3N3O2. The zero-order valence-corrected chi connectivity index (χ0v) is 15.8. The predicted octanol–water partition coefficient (Wildman–Crippen LogP) is 2.58. The first-order valence-electron chi connectivity index (χ1n) is 9.74. The molecule has 0 spiro atoms. The molecule has 8 heteroatoms. The number of piperidine rings is 1. The average molecular weight is 397 g/mol. The molecule has 0 saturated carbocycles. The SMILES string of the molecule is NC(=O)C1CCCN1C1CCN(C(=O)CCc2ccc(C(F)(F)F)cc2)CC1. The number of amides is 2. The molecule has 1 unspecified atom stereocenters. The van der Waals surface area contributed by atoms with Crippen molar-refractivity contribution in [3.8, 4) is 0 Å². The van der Waals surface area contributed by atoms with E-state index in [0.29, 0.717) is 19.5 Å². The highest BCUT2D eigenvalue weighted by molar-refractivity contribution is 5.80. The lowest BCUT2D eigenvalue weighted by Crippen LogP contribution is -2.51. The molecule has 28 heavy (non-hydrogen) atoms. The molecule has 2 saturated heterocycles. The smallest absolute Gasteiger partial charge is 0.368 e. The van der Waals surface area contributed by atoms with Crippen LogP contribution in [0.3, 0.4) is 0 Å². The number of carbonyl (C=O) groups excluding carboxylic acids is 2. The fourth-order valence-electron chi connectivity index (χ4n) is 4.25. The first kappa shape index (κ1) is 20.6. The van der Waals surface area contributed by atoms with Gasteiger partial charge in [-0.1, -0.05) is 12.1 Å². The number of hydrogen-bond acceptors (Lipinski definition) is 3. The van der Waals surface area contributed by atoms with Gasteiger partial charge < -0.3 is 10.6 Å². The van der Waals surface area contributed by atoms with Gasteiger partial charge in [-0.15, -0.1) is 0 Å². The van der Waals surface area contributed by atoms with Crippen LogP contribution >= 0.6 is 0 Å². The van der Waals surface area contributed by atoms with Gasteiger partial charge >= 0.3 is 6.18 Å². The summed E-state index contributed by atoms with van der Waals surface area (Å²) in [5.41, 5.74) is 5.53. The molecule has 0 bridgehead atoms. The largest absolute Gasteiger partial charge is 0.416 e. The van der Waals surface area contributed by atoms with Crippen molar-refractivity contribution in [2.24, 2.45) is 5.73 Å². The lowest BCUT2D eigenvalue weighted by Gasteiger charge is -2.38. The number of carbonyl (C=O) groups is 2. The summed E-state index contributed by atoms with van der Waals surface area (Å²) in [5.74, 6) is -0.251. The first-order valence-corrected chi connectivity index (χ1v) is 9.74. The summed E-state index contributed by atoms with van der Waals surface area (Å²) in [4.78, 5) is 28.0. The second-order valence-electron chi connectivity index (χ2n) is 7.60. The molecule has 2 heterocycles. The Morgan fingerprint density at radius 3 is 2.25 bits per heavy atom. The molecule has 2 amide bonds. The monoisotopic (exact) mass is 397 g/mol. The summed E-state index contributed by atoms with van der Waals surface area (Å²) < 4.78 is 37.8. The van der Waals surface area contributed by atoms with Gasteiger partial charge in [-0.2, -0.15) is 13.2 Å². The van der Waals surface area contributed by atoms with Gasteiger partial charge in [0.05, 0.1) is 11.6 Å². The number of benzene rings is 1. The van der Waals surface area contributed by atoms with Crippen molar-refractivity contribution >= 4 is 11.8 Å². The number of rotatable bonds is 5. The average Bonchev–Trinajstić information content (AvgIpc) is 3.16. The molecule has 1 atom stereocenters. The number of alkyl halides is 3. The van der Waals surface area contributed by atoms with E-state index < -0.39 is 11.7 Å². The number of nitrogens with two attached hydrogens (primary N) is 1. The van der Waals surface area contributed by atoms with Gasteiger partial charge in [-0.3, -0.25) is 14.5 Å². The lowest BCUT2D eigenvalue weighted by molar-refractivity contribution is -0.137. The molecule has 1 aromatic rings. The van der Waals surface area contributed by atoms with Crippen molar-refractivity contribution in [1.29, 1.82) is 0 Å². The Labute approximate surface area is 162 Å². The predicted molar refractivity (Wildman–Crippen MR) is 98.3 cm³/mol. The maximum Gasteiger partial charge on any atom is 0.416 e. The number of hydrogen-bond donors (Lipinski definition) is 1. The van der Waals surface area contributed by atoms with Crippen LogP contribution in [0.15, 0.2) is 24.3 Å². The highest BCUT2D eigenvalue weighted by Crippen LogP contribution is 2.29. The molecule has 2 N–H and O–H groups in total. The Hall–Kier alpha value is -2.09. The van der Waals surface area contributed by atoms with Crippen LogP contribution in [0.25, 0.3) is 0 Å². The number of primary amides is 1. The Kier molecular flexibility index (Phi) is 6.27. The molecule has 5 nitrogen and oxygen atoms in total. The Bertz CT molecular complexity index is 698. The highest BCUT2D eigenvalue weighted by Gasteiger charge is 2.36. The van der Waals surface area contributed by atoms with Crippen LogP contribution < -0.4 is 5.73 Å². The van der Waals surface area contributed by atoms with Crippen LogP contribution in [0.4, 0.5) is 13.2 Å². The van der Waals surface area contributed by atoms with Crippen LogP contribution in [0.5, 0.6) is 0 Å². The maximum atomic E-state index is 12.6. The molecular weight excluding hydrogens is 371 g/mol. The van der Waals surface area contributed by atoms with E-state index in [2.05, 4.69) is 4.90 Å². The van der Waals surface area contributed by atoms with Crippen molar-refractivity contribution in [3.63, 3.8) is 0 Å². The van der Waals surface area contributed by atoms with E-state index in [0.717, 1.165) is 49.9 Å². The second kappa shape index (κ2) is 8.51. The van der Waals surface area contributed by atoms with E-state index in [4.69, 9.17) is 5.73 Å². The van der Waals surface area contributed by atoms with Gasteiger partial charge in [0.1, 0.15) is 0 Å². The van der Waals surface area contributed by atoms with Crippen LogP contribution in [0.2, 0.25) is 0 Å². The van der Waals surface area contributed by atoms with Crippen molar-refractivity contribution in [2.75, 3.05) is 19.6 Å². The molecule has 3 rings (SSSR count). The van der Waals surface area contributed by atoms with Gasteiger partial charge in [-0.05, 0) is 56.3 Å². The van der Waals surface area contributed by atoms with Crippen LogP contribution in [0, 0.1) is 0 Å². The Morgan fingerprint density at radius 2 is 1.68 bits per heavy atom. The van der Waals surface area contributed by atoms with Gasteiger partial charge in [0.2, 0.25) is 11.8 Å². The number of nitrogens with zero attached hydrogens (tertiary/aromatic N) is 2. The van der Waals surface area contributed by atoms with Gasteiger partial charge in [0.25, 0.3) is 0 Å². The third-order valence-corrected chi connectivity index (χ3v) is 5.82. The first-order chi connectivity index (χ1) is 13.3. The molecule has 0 aromatic heterocycles. The standard InChI is InChI=1S/C20H26F3N3O2/c21-20(22,23)15-6-3-14(4-7-15)5-8-18(27)25-12-9-16(10-13-25)26-11-1-2-17(26)19(24)28/h3-4,6-7,16-17H,1-2,5,8-13H2,(H2,24,28). The zero-order chi connectivity index (χ0) is 20.3. The van der Waals surface area contributed by atoms with Gasteiger partial charge in [-0.25, -0.2) is 0 Å². The summed E-state index contributed by atoms with van der Waals surface area (Å²) in [5, 5.41) is 0. The minimum Gasteiger partial charge on any atom is -0.368 e. The van der Waals surface area contributed by atoms with Crippen molar-refractivity contribution in [3.05, 3.63) is 35.4 Å². The van der Waals surface area contributed by atoms with Crippen LogP contribution in [0.1, 0.15) is 43.2 Å². The van der Waals surface area contributed by atoms with Crippen LogP contribution in [-0.2, 0) is 22.2 Å². The number of likely N-dealkylation sites (tertiary alicyclic amines) is 2. The second-order valence-corrected chi connectivity index (χ2v) is 7.60. The summed E-state index contributed by atoms with van der Waals surface area (Å²) in [6, 6.07) is 5.05. The van der Waals surface area contributed by atoms with E-state index in [-0.39, 0.29) is 30.3 Å². The van der Waals surface area contributed by atoms with Gasteiger partial charge in [0.15, 0.2) is 0 Å². The third-order valence-electron chi connectivity index (χ3n) is 5.82. The van der Waals surface area contributed by atoms with Crippen molar-refractivity contribution in [1.82, 2.24) is 9.80 Å². The molecule has 0 radical (unpaired) electrons. The number of aryl methyl sites for hydroxylation is 1. The van der Waals surface area contributed by atoms with Crippen molar-refractivity contribution in [2.45, 2.75) is 56.8 Å². The molecule has 154 valence electrons. The highest BCUT2D eigenvalue weighted by atomic mass is 19.4. The normalized spacial score (nSPS) is 21.8. The van der Waals surface area contributed by atoms with E-state index in [1.54, 1.807) is 0 Å². The fourth-order valence-corrected chi connectivity index (χ4v) is 4.25. The summed E-state index contributed by atoms with van der Waals surface area (Å²) in [6.07, 6.45) is -0.231. The van der Waals surface area contributed by atoms with Crippen molar-refractivity contribution < 1.29 is 22.8 Å². The molecule has 2 aliphatic rings.